The lowest BCUT2D eigenvalue weighted by atomic mass is 10.2. The lowest BCUT2D eigenvalue weighted by Gasteiger charge is -2.19. The molecule has 0 aliphatic carbocycles. The summed E-state index contributed by atoms with van der Waals surface area (Å²) >= 11 is 7.29. The molecule has 0 atom stereocenters. The van der Waals surface area contributed by atoms with Gasteiger partial charge in [0, 0.05) is 22.5 Å². The van der Waals surface area contributed by atoms with Crippen molar-refractivity contribution in [3.8, 4) is 16.3 Å². The topological polar surface area (TPSA) is 71.5 Å². The van der Waals surface area contributed by atoms with Gasteiger partial charge in [0.1, 0.15) is 23.0 Å². The highest BCUT2D eigenvalue weighted by Gasteiger charge is 2.21. The molecule has 2 aromatic carbocycles. The SMILES string of the molecule is CCN(CC(=O)Nc1ccccc1OC)C(=O)c1csc(-c2ccc(Cl)cc2)n1. The average molecular weight is 430 g/mol. The molecule has 0 aliphatic rings. The zero-order valence-corrected chi connectivity index (χ0v) is 17.6. The number of likely N-dealkylation sites (N-methyl/N-ethyl adjacent to an activating group) is 1. The van der Waals surface area contributed by atoms with E-state index in [1.807, 2.05) is 25.1 Å². The van der Waals surface area contributed by atoms with E-state index in [1.54, 1.807) is 35.7 Å². The molecule has 0 bridgehead atoms. The van der Waals surface area contributed by atoms with E-state index in [9.17, 15) is 9.59 Å². The molecule has 0 fully saturated rings. The van der Waals surface area contributed by atoms with Crippen molar-refractivity contribution in [2.75, 3.05) is 25.5 Å². The van der Waals surface area contributed by atoms with Gasteiger partial charge >= 0.3 is 0 Å². The molecule has 6 nitrogen and oxygen atoms in total. The summed E-state index contributed by atoms with van der Waals surface area (Å²) in [5, 5.41) is 5.84. The minimum atomic E-state index is -0.308. The molecule has 2 amide bonds. The molecule has 150 valence electrons. The van der Waals surface area contributed by atoms with E-state index >= 15 is 0 Å². The number of nitrogens with one attached hydrogen (secondary N) is 1. The lowest BCUT2D eigenvalue weighted by molar-refractivity contribution is -0.116. The molecule has 3 aromatic rings. The van der Waals surface area contributed by atoms with Crippen LogP contribution in [0.25, 0.3) is 10.6 Å². The molecule has 0 spiro atoms. The van der Waals surface area contributed by atoms with Crippen molar-refractivity contribution >= 4 is 40.4 Å². The normalized spacial score (nSPS) is 10.4. The van der Waals surface area contributed by atoms with Gasteiger partial charge in [-0.25, -0.2) is 4.98 Å². The van der Waals surface area contributed by atoms with Crippen LogP contribution in [0.15, 0.2) is 53.9 Å². The van der Waals surface area contributed by atoms with E-state index < -0.39 is 0 Å². The first kappa shape index (κ1) is 20.8. The molecule has 8 heteroatoms. The van der Waals surface area contributed by atoms with Crippen LogP contribution < -0.4 is 10.1 Å². The standard InChI is InChI=1S/C21H20ClN3O3S/c1-3-25(12-19(26)23-16-6-4-5-7-18(16)28-2)21(27)17-13-29-20(24-17)14-8-10-15(22)11-9-14/h4-11,13H,3,12H2,1-2H3,(H,23,26). The molecular formula is C21H20ClN3O3S. The molecule has 0 unspecified atom stereocenters. The summed E-state index contributed by atoms with van der Waals surface area (Å²) in [6.07, 6.45) is 0. The van der Waals surface area contributed by atoms with Crippen LogP contribution in [0.2, 0.25) is 5.02 Å². The predicted octanol–water partition coefficient (Wildman–Crippen LogP) is 4.57. The molecule has 1 heterocycles. The lowest BCUT2D eigenvalue weighted by Crippen LogP contribution is -2.38. The summed E-state index contributed by atoms with van der Waals surface area (Å²) in [7, 11) is 1.54. The molecular weight excluding hydrogens is 410 g/mol. The fraction of sp³-hybridized carbons (Fsp3) is 0.190. The van der Waals surface area contributed by atoms with E-state index in [-0.39, 0.29) is 18.4 Å². The van der Waals surface area contributed by atoms with Crippen molar-refractivity contribution in [3.05, 3.63) is 64.6 Å². The number of hydrogen-bond acceptors (Lipinski definition) is 5. The number of rotatable bonds is 7. The summed E-state index contributed by atoms with van der Waals surface area (Å²) in [5.41, 5.74) is 1.75. The number of nitrogens with zero attached hydrogens (tertiary/aromatic N) is 2. The highest BCUT2D eigenvalue weighted by molar-refractivity contribution is 7.13. The van der Waals surface area contributed by atoms with Gasteiger partial charge in [-0.05, 0) is 31.2 Å². The Morgan fingerprint density at radius 1 is 1.17 bits per heavy atom. The van der Waals surface area contributed by atoms with Gasteiger partial charge in [-0.2, -0.15) is 0 Å². The number of benzene rings is 2. The minimum absolute atomic E-state index is 0.0822. The molecule has 1 aromatic heterocycles. The number of methoxy groups -OCH3 is 1. The summed E-state index contributed by atoms with van der Waals surface area (Å²) in [5.74, 6) is -0.0423. The molecule has 0 saturated carbocycles. The third-order valence-corrected chi connectivity index (χ3v) is 5.34. The third-order valence-electron chi connectivity index (χ3n) is 4.20. The summed E-state index contributed by atoms with van der Waals surface area (Å²) in [6.45, 7) is 2.12. The fourth-order valence-corrected chi connectivity index (χ4v) is 3.62. The molecule has 0 aliphatic heterocycles. The first-order valence-corrected chi connectivity index (χ1v) is 10.2. The van der Waals surface area contributed by atoms with Crippen molar-refractivity contribution in [2.24, 2.45) is 0 Å². The van der Waals surface area contributed by atoms with Crippen molar-refractivity contribution in [1.29, 1.82) is 0 Å². The van der Waals surface area contributed by atoms with E-state index in [1.165, 1.54) is 23.3 Å². The first-order valence-electron chi connectivity index (χ1n) is 8.95. The number of anilines is 1. The number of amides is 2. The quantitative estimate of drug-likeness (QED) is 0.597. The average Bonchev–Trinajstić information content (AvgIpc) is 3.22. The van der Waals surface area contributed by atoms with Gasteiger partial charge in [0.05, 0.1) is 12.8 Å². The molecule has 0 radical (unpaired) electrons. The van der Waals surface area contributed by atoms with Crippen LogP contribution in [0.4, 0.5) is 5.69 Å². The zero-order chi connectivity index (χ0) is 20.8. The van der Waals surface area contributed by atoms with Crippen LogP contribution in [0, 0.1) is 0 Å². The van der Waals surface area contributed by atoms with Crippen molar-refractivity contribution in [3.63, 3.8) is 0 Å². The number of para-hydroxylation sites is 2. The van der Waals surface area contributed by atoms with E-state index in [0.717, 1.165) is 10.6 Å². The van der Waals surface area contributed by atoms with Gasteiger partial charge in [-0.15, -0.1) is 11.3 Å². The smallest absolute Gasteiger partial charge is 0.273 e. The van der Waals surface area contributed by atoms with Crippen molar-refractivity contribution < 1.29 is 14.3 Å². The van der Waals surface area contributed by atoms with Gasteiger partial charge < -0.3 is 15.0 Å². The Balaban J connectivity index is 1.69. The van der Waals surface area contributed by atoms with Crippen LogP contribution in [0.5, 0.6) is 5.75 Å². The number of halogens is 1. The third kappa shape index (κ3) is 5.13. The first-order chi connectivity index (χ1) is 14.0. The largest absolute Gasteiger partial charge is 0.495 e. The maximum Gasteiger partial charge on any atom is 0.273 e. The second kappa shape index (κ2) is 9.54. The Morgan fingerprint density at radius 3 is 2.59 bits per heavy atom. The Hall–Kier alpha value is -2.90. The number of carbonyl (C=O) groups is 2. The maximum absolute atomic E-state index is 12.8. The Labute approximate surface area is 178 Å². The molecule has 29 heavy (non-hydrogen) atoms. The van der Waals surface area contributed by atoms with Crippen LogP contribution in [0.3, 0.4) is 0 Å². The van der Waals surface area contributed by atoms with Crippen LogP contribution in [-0.4, -0.2) is 41.9 Å². The van der Waals surface area contributed by atoms with Gasteiger partial charge in [-0.1, -0.05) is 35.9 Å². The van der Waals surface area contributed by atoms with Crippen LogP contribution in [0.1, 0.15) is 17.4 Å². The number of thiazole rings is 1. The van der Waals surface area contributed by atoms with Crippen molar-refractivity contribution in [2.45, 2.75) is 6.92 Å². The second-order valence-corrected chi connectivity index (χ2v) is 7.41. The van der Waals surface area contributed by atoms with E-state index in [4.69, 9.17) is 16.3 Å². The number of aromatic nitrogens is 1. The van der Waals surface area contributed by atoms with Crippen LogP contribution >= 0.6 is 22.9 Å². The number of hydrogen-bond donors (Lipinski definition) is 1. The molecule has 1 N–H and O–H groups in total. The maximum atomic E-state index is 12.8. The predicted molar refractivity (Wildman–Crippen MR) is 116 cm³/mol. The van der Waals surface area contributed by atoms with E-state index in [2.05, 4.69) is 10.3 Å². The number of ether oxygens (including phenoxy) is 1. The fourth-order valence-electron chi connectivity index (χ4n) is 2.70. The second-order valence-electron chi connectivity index (χ2n) is 6.11. The van der Waals surface area contributed by atoms with Crippen molar-refractivity contribution in [1.82, 2.24) is 9.88 Å². The highest BCUT2D eigenvalue weighted by atomic mass is 35.5. The van der Waals surface area contributed by atoms with Gasteiger partial charge in [0.2, 0.25) is 5.91 Å². The van der Waals surface area contributed by atoms with Gasteiger partial charge in [0.15, 0.2) is 0 Å². The summed E-state index contributed by atoms with van der Waals surface area (Å²) in [6, 6.07) is 14.4. The summed E-state index contributed by atoms with van der Waals surface area (Å²) in [4.78, 5) is 31.2. The minimum Gasteiger partial charge on any atom is -0.495 e. The Kier molecular flexibility index (Phi) is 6.85. The number of carbonyl (C=O) groups excluding carboxylic acids is 2. The van der Waals surface area contributed by atoms with Gasteiger partial charge in [-0.3, -0.25) is 9.59 Å². The zero-order valence-electron chi connectivity index (χ0n) is 16.0. The monoisotopic (exact) mass is 429 g/mol. The van der Waals surface area contributed by atoms with E-state index in [0.29, 0.717) is 28.7 Å². The molecule has 0 saturated heterocycles. The summed E-state index contributed by atoms with van der Waals surface area (Å²) < 4.78 is 5.23. The highest BCUT2D eigenvalue weighted by Crippen LogP contribution is 2.26. The Morgan fingerprint density at radius 2 is 1.90 bits per heavy atom. The van der Waals surface area contributed by atoms with Crippen LogP contribution in [-0.2, 0) is 4.79 Å². The Bertz CT molecular complexity index is 1000. The van der Waals surface area contributed by atoms with Gasteiger partial charge in [0.25, 0.3) is 5.91 Å². The molecule has 3 rings (SSSR count).